The number of piperidine rings is 1. The highest BCUT2D eigenvalue weighted by Crippen LogP contribution is 2.28. The summed E-state index contributed by atoms with van der Waals surface area (Å²) in [5.41, 5.74) is 5.20. The van der Waals surface area contributed by atoms with E-state index in [0.717, 1.165) is 12.1 Å². The van der Waals surface area contributed by atoms with Crippen LogP contribution < -0.4 is 11.1 Å². The Morgan fingerprint density at radius 2 is 1.85 bits per heavy atom. The number of hydrogen-bond acceptors (Lipinski definition) is 3. The van der Waals surface area contributed by atoms with Crippen LogP contribution in [0, 0.1) is 23.0 Å². The van der Waals surface area contributed by atoms with Gasteiger partial charge in [0, 0.05) is 19.1 Å². The van der Waals surface area contributed by atoms with Crippen LogP contribution in [0.15, 0.2) is 18.2 Å². The summed E-state index contributed by atoms with van der Waals surface area (Å²) in [5, 5.41) is 2.51. The van der Waals surface area contributed by atoms with E-state index in [4.69, 9.17) is 5.73 Å². The molecule has 2 atom stereocenters. The summed E-state index contributed by atoms with van der Waals surface area (Å²) in [7, 11) is 0. The van der Waals surface area contributed by atoms with E-state index in [2.05, 4.69) is 5.32 Å². The normalized spacial score (nSPS) is 20.8. The summed E-state index contributed by atoms with van der Waals surface area (Å²) in [5.74, 6) is -3.34. The van der Waals surface area contributed by atoms with Gasteiger partial charge in [-0.2, -0.15) is 0 Å². The lowest BCUT2D eigenvalue weighted by atomic mass is 9.79. The van der Waals surface area contributed by atoms with Crippen molar-refractivity contribution in [3.05, 3.63) is 35.4 Å². The van der Waals surface area contributed by atoms with Crippen LogP contribution in [0.25, 0.3) is 0 Å². The minimum Gasteiger partial charge on any atom is -0.340 e. The van der Waals surface area contributed by atoms with Crippen molar-refractivity contribution >= 4 is 11.8 Å². The van der Waals surface area contributed by atoms with E-state index in [1.807, 2.05) is 13.8 Å². The maximum atomic E-state index is 13.8. The van der Waals surface area contributed by atoms with Crippen molar-refractivity contribution in [2.45, 2.75) is 46.2 Å². The molecule has 0 spiro atoms. The Morgan fingerprint density at radius 1 is 1.27 bits per heavy atom. The molecule has 1 aromatic rings. The maximum Gasteiger partial charge on any atom is 0.257 e. The molecule has 3 N–H and O–H groups in total. The molecule has 0 saturated carbocycles. The van der Waals surface area contributed by atoms with Gasteiger partial charge in [0.2, 0.25) is 5.91 Å². The molecule has 1 heterocycles. The average Bonchev–Trinajstić information content (AvgIpc) is 2.54. The van der Waals surface area contributed by atoms with Gasteiger partial charge >= 0.3 is 0 Å². The lowest BCUT2D eigenvalue weighted by Gasteiger charge is -2.44. The first-order valence-corrected chi connectivity index (χ1v) is 8.84. The third-order valence-corrected chi connectivity index (χ3v) is 5.03. The zero-order valence-electron chi connectivity index (χ0n) is 15.7. The molecule has 2 rings (SSSR count). The molecule has 1 fully saturated rings. The quantitative estimate of drug-likeness (QED) is 0.857. The van der Waals surface area contributed by atoms with Crippen molar-refractivity contribution in [2.24, 2.45) is 17.1 Å². The molecular formula is C19H27F2N3O2. The van der Waals surface area contributed by atoms with E-state index in [1.54, 1.807) is 18.7 Å². The van der Waals surface area contributed by atoms with E-state index >= 15 is 0 Å². The van der Waals surface area contributed by atoms with Crippen LogP contribution in [0.4, 0.5) is 8.78 Å². The number of rotatable bonds is 4. The molecule has 5 nitrogen and oxygen atoms in total. The molecule has 1 aliphatic rings. The van der Waals surface area contributed by atoms with Crippen LogP contribution in [-0.4, -0.2) is 41.9 Å². The molecular weight excluding hydrogens is 340 g/mol. The molecule has 1 unspecified atom stereocenters. The van der Waals surface area contributed by atoms with Gasteiger partial charge in [0.1, 0.15) is 23.2 Å². The molecule has 2 amide bonds. The second kappa shape index (κ2) is 7.70. The van der Waals surface area contributed by atoms with Gasteiger partial charge in [0.25, 0.3) is 5.91 Å². The Kier molecular flexibility index (Phi) is 6.01. The van der Waals surface area contributed by atoms with Crippen LogP contribution >= 0.6 is 0 Å². The SMILES string of the molecule is CC(C)[C@H](NC(=O)c1c(F)cccc1F)C(=O)N1CCC(N)C(C)(C)C1. The van der Waals surface area contributed by atoms with Crippen molar-refractivity contribution in [2.75, 3.05) is 13.1 Å². The van der Waals surface area contributed by atoms with Crippen LogP contribution in [-0.2, 0) is 4.79 Å². The lowest BCUT2D eigenvalue weighted by molar-refractivity contribution is -0.137. The summed E-state index contributed by atoms with van der Waals surface area (Å²) in [6.45, 7) is 8.52. The largest absolute Gasteiger partial charge is 0.340 e. The molecule has 1 saturated heterocycles. The summed E-state index contributed by atoms with van der Waals surface area (Å²) in [6.07, 6.45) is 0.666. The van der Waals surface area contributed by atoms with Crippen LogP contribution in [0.1, 0.15) is 44.5 Å². The fraction of sp³-hybridized carbons (Fsp3) is 0.579. The molecule has 1 aromatic carbocycles. The number of likely N-dealkylation sites (tertiary alicyclic amines) is 1. The number of nitrogens with one attached hydrogen (secondary N) is 1. The number of amides is 2. The average molecular weight is 367 g/mol. The zero-order chi connectivity index (χ0) is 19.6. The van der Waals surface area contributed by atoms with Gasteiger partial charge in [-0.1, -0.05) is 33.8 Å². The van der Waals surface area contributed by atoms with Crippen LogP contribution in [0.2, 0.25) is 0 Å². The number of nitrogens with zero attached hydrogens (tertiary/aromatic N) is 1. The Labute approximate surface area is 152 Å². The van der Waals surface area contributed by atoms with Crippen molar-refractivity contribution in [1.82, 2.24) is 10.2 Å². The van der Waals surface area contributed by atoms with Gasteiger partial charge in [-0.25, -0.2) is 8.78 Å². The van der Waals surface area contributed by atoms with Crippen LogP contribution in [0.3, 0.4) is 0 Å². The topological polar surface area (TPSA) is 75.4 Å². The number of nitrogens with two attached hydrogens (primary N) is 1. The standard InChI is InChI=1S/C19H27F2N3O2/c1-11(2)16(18(26)24-9-8-14(22)19(3,4)10-24)23-17(25)15-12(20)6-5-7-13(15)21/h5-7,11,14,16H,8-10,22H2,1-4H3,(H,23,25)/t14?,16-/m0/s1. The first kappa shape index (κ1) is 20.3. The van der Waals surface area contributed by atoms with Gasteiger partial charge in [0.05, 0.1) is 0 Å². The predicted molar refractivity (Wildman–Crippen MR) is 95.4 cm³/mol. The molecule has 26 heavy (non-hydrogen) atoms. The summed E-state index contributed by atoms with van der Waals surface area (Å²) >= 11 is 0. The van der Waals surface area contributed by atoms with Gasteiger partial charge in [-0.05, 0) is 29.9 Å². The van der Waals surface area contributed by atoms with Gasteiger partial charge < -0.3 is 16.0 Å². The third-order valence-electron chi connectivity index (χ3n) is 5.03. The molecule has 7 heteroatoms. The summed E-state index contributed by atoms with van der Waals surface area (Å²) < 4.78 is 27.7. The Balaban J connectivity index is 2.19. The van der Waals surface area contributed by atoms with Gasteiger partial charge in [-0.3, -0.25) is 9.59 Å². The second-order valence-corrected chi connectivity index (χ2v) is 7.94. The van der Waals surface area contributed by atoms with E-state index in [1.165, 1.54) is 6.07 Å². The van der Waals surface area contributed by atoms with E-state index in [9.17, 15) is 18.4 Å². The number of carbonyl (C=O) groups is 2. The third kappa shape index (κ3) is 4.20. The molecule has 144 valence electrons. The first-order chi connectivity index (χ1) is 12.0. The molecule has 0 bridgehead atoms. The van der Waals surface area contributed by atoms with E-state index in [-0.39, 0.29) is 23.3 Å². The highest BCUT2D eigenvalue weighted by molar-refractivity contribution is 5.98. The van der Waals surface area contributed by atoms with Gasteiger partial charge in [0.15, 0.2) is 0 Å². The fourth-order valence-corrected chi connectivity index (χ4v) is 3.20. The smallest absolute Gasteiger partial charge is 0.257 e. The number of hydrogen-bond donors (Lipinski definition) is 2. The minimum atomic E-state index is -0.956. The monoisotopic (exact) mass is 367 g/mol. The van der Waals surface area contributed by atoms with Crippen molar-refractivity contribution in [1.29, 1.82) is 0 Å². The second-order valence-electron chi connectivity index (χ2n) is 7.94. The van der Waals surface area contributed by atoms with Gasteiger partial charge in [-0.15, -0.1) is 0 Å². The van der Waals surface area contributed by atoms with Crippen molar-refractivity contribution < 1.29 is 18.4 Å². The Bertz CT molecular complexity index is 671. The van der Waals surface area contributed by atoms with Crippen molar-refractivity contribution in [3.63, 3.8) is 0 Å². The fourth-order valence-electron chi connectivity index (χ4n) is 3.20. The highest BCUT2D eigenvalue weighted by Gasteiger charge is 2.38. The number of halogens is 2. The molecule has 1 aliphatic heterocycles. The van der Waals surface area contributed by atoms with E-state index in [0.29, 0.717) is 19.5 Å². The summed E-state index contributed by atoms with van der Waals surface area (Å²) in [6, 6.07) is 2.33. The van der Waals surface area contributed by atoms with Crippen LogP contribution in [0.5, 0.6) is 0 Å². The predicted octanol–water partition coefficient (Wildman–Crippen LogP) is 2.30. The van der Waals surface area contributed by atoms with E-state index < -0.39 is 29.1 Å². The summed E-state index contributed by atoms with van der Waals surface area (Å²) in [4.78, 5) is 27.0. The highest BCUT2D eigenvalue weighted by atomic mass is 19.1. The number of carbonyl (C=O) groups excluding carboxylic acids is 2. The molecule has 0 aliphatic carbocycles. The molecule has 0 aromatic heterocycles. The first-order valence-electron chi connectivity index (χ1n) is 8.84. The maximum absolute atomic E-state index is 13.8. The van der Waals surface area contributed by atoms with Crippen molar-refractivity contribution in [3.8, 4) is 0 Å². The lowest BCUT2D eigenvalue weighted by Crippen LogP contribution is -2.59. The minimum absolute atomic E-state index is 0.00819. The molecule has 0 radical (unpaired) electrons. The zero-order valence-corrected chi connectivity index (χ0v) is 15.7. The Hall–Kier alpha value is -2.02. The Morgan fingerprint density at radius 3 is 2.35 bits per heavy atom. The number of benzene rings is 1.